The van der Waals surface area contributed by atoms with E-state index in [1.807, 2.05) is 34.3 Å². The van der Waals surface area contributed by atoms with E-state index < -0.39 is 0 Å². The minimum Gasteiger partial charge on any atom is -0.348 e. The first-order valence-electron chi connectivity index (χ1n) is 9.64. The van der Waals surface area contributed by atoms with Crippen LogP contribution in [0.4, 0.5) is 0 Å². The van der Waals surface area contributed by atoms with Gasteiger partial charge in [-0.15, -0.1) is 11.3 Å². The van der Waals surface area contributed by atoms with Crippen molar-refractivity contribution in [3.05, 3.63) is 58.6 Å². The molecule has 0 unspecified atom stereocenters. The van der Waals surface area contributed by atoms with E-state index >= 15 is 0 Å². The zero-order valence-corrected chi connectivity index (χ0v) is 16.7. The minimum absolute atomic E-state index is 0.0304. The summed E-state index contributed by atoms with van der Waals surface area (Å²) >= 11 is 1.64. The van der Waals surface area contributed by atoms with Gasteiger partial charge >= 0.3 is 0 Å². The Kier molecular flexibility index (Phi) is 5.12. The van der Waals surface area contributed by atoms with Crippen LogP contribution in [-0.2, 0) is 0 Å². The second-order valence-electron chi connectivity index (χ2n) is 7.40. The highest BCUT2D eigenvalue weighted by molar-refractivity contribution is 7.13. The summed E-state index contributed by atoms with van der Waals surface area (Å²) in [4.78, 5) is 14.2. The lowest BCUT2D eigenvalue weighted by Gasteiger charge is -2.23. The van der Waals surface area contributed by atoms with Crippen LogP contribution in [0.25, 0.3) is 16.3 Å². The Labute approximate surface area is 164 Å². The molecule has 1 fully saturated rings. The fourth-order valence-electron chi connectivity index (χ4n) is 3.82. The van der Waals surface area contributed by atoms with Gasteiger partial charge in [0.05, 0.1) is 10.6 Å². The van der Waals surface area contributed by atoms with Gasteiger partial charge in [-0.25, -0.2) is 4.68 Å². The van der Waals surface area contributed by atoms with Crippen LogP contribution in [-0.4, -0.2) is 21.7 Å². The number of aromatic nitrogens is 2. The molecule has 0 aliphatic heterocycles. The zero-order valence-electron chi connectivity index (χ0n) is 15.9. The number of amides is 1. The molecule has 4 rings (SSSR count). The molecule has 0 radical (unpaired) electrons. The number of hydrogen-bond donors (Lipinski definition) is 1. The number of carbonyl (C=O) groups excluding carboxylic acids is 1. The fourth-order valence-corrected chi connectivity index (χ4v) is 4.50. The van der Waals surface area contributed by atoms with Crippen molar-refractivity contribution in [2.24, 2.45) is 0 Å². The predicted molar refractivity (Wildman–Crippen MR) is 111 cm³/mol. The van der Waals surface area contributed by atoms with E-state index in [0.29, 0.717) is 5.69 Å². The van der Waals surface area contributed by atoms with Crippen molar-refractivity contribution in [2.45, 2.75) is 52.0 Å². The van der Waals surface area contributed by atoms with Crippen LogP contribution in [0.2, 0.25) is 0 Å². The third-order valence-electron chi connectivity index (χ3n) is 5.24. The summed E-state index contributed by atoms with van der Waals surface area (Å²) in [6.45, 7) is 4.14. The Morgan fingerprint density at radius 2 is 1.96 bits per heavy atom. The summed E-state index contributed by atoms with van der Waals surface area (Å²) in [5.74, 6) is -0.0304. The molecule has 1 aromatic carbocycles. The van der Waals surface area contributed by atoms with Crippen LogP contribution < -0.4 is 5.32 Å². The van der Waals surface area contributed by atoms with Crippen LogP contribution in [0.15, 0.2) is 41.8 Å². The number of thiophene rings is 1. The highest BCUT2D eigenvalue weighted by Crippen LogP contribution is 2.27. The molecule has 27 heavy (non-hydrogen) atoms. The van der Waals surface area contributed by atoms with Crippen LogP contribution in [0.3, 0.4) is 0 Å². The van der Waals surface area contributed by atoms with E-state index in [9.17, 15) is 4.79 Å². The molecule has 0 spiro atoms. The molecule has 5 heteroatoms. The molecule has 0 bridgehead atoms. The smallest absolute Gasteiger partial charge is 0.270 e. The van der Waals surface area contributed by atoms with Crippen molar-refractivity contribution in [1.82, 2.24) is 15.1 Å². The Hall–Kier alpha value is -2.40. The maximum Gasteiger partial charge on any atom is 0.270 e. The summed E-state index contributed by atoms with van der Waals surface area (Å²) in [5, 5.41) is 10.1. The Balaban J connectivity index is 1.73. The topological polar surface area (TPSA) is 46.9 Å². The molecule has 4 nitrogen and oxygen atoms in total. The Bertz CT molecular complexity index is 937. The molecule has 1 saturated carbocycles. The van der Waals surface area contributed by atoms with Crippen molar-refractivity contribution in [2.75, 3.05) is 0 Å². The van der Waals surface area contributed by atoms with E-state index in [2.05, 4.69) is 31.3 Å². The molecule has 1 amide bonds. The lowest BCUT2D eigenvalue weighted by Crippen LogP contribution is -2.37. The lowest BCUT2D eigenvalue weighted by atomic mass is 9.95. The number of rotatable bonds is 4. The largest absolute Gasteiger partial charge is 0.348 e. The molecular weight excluding hydrogens is 354 g/mol. The second-order valence-corrected chi connectivity index (χ2v) is 8.35. The number of nitrogens with one attached hydrogen (secondary N) is 1. The van der Waals surface area contributed by atoms with Crippen LogP contribution in [0, 0.1) is 13.8 Å². The summed E-state index contributed by atoms with van der Waals surface area (Å²) < 4.78 is 1.81. The van der Waals surface area contributed by atoms with Crippen LogP contribution >= 0.6 is 11.3 Å². The van der Waals surface area contributed by atoms with Gasteiger partial charge in [0.1, 0.15) is 11.4 Å². The molecule has 0 saturated heterocycles. The second kappa shape index (κ2) is 7.69. The third kappa shape index (κ3) is 3.83. The predicted octanol–water partition coefficient (Wildman–Crippen LogP) is 5.28. The molecule has 1 aliphatic carbocycles. The fraction of sp³-hybridized carbons (Fsp3) is 0.364. The van der Waals surface area contributed by atoms with E-state index in [4.69, 9.17) is 5.10 Å². The molecule has 1 N–H and O–H groups in total. The molecule has 140 valence electrons. The average molecular weight is 380 g/mol. The molecule has 3 aromatic rings. The van der Waals surface area contributed by atoms with Gasteiger partial charge in [0, 0.05) is 6.04 Å². The molecule has 1 aliphatic rings. The number of hydrogen-bond acceptors (Lipinski definition) is 3. The highest BCUT2D eigenvalue weighted by atomic mass is 32.1. The molecule has 2 aromatic heterocycles. The van der Waals surface area contributed by atoms with Crippen molar-refractivity contribution in [1.29, 1.82) is 0 Å². The van der Waals surface area contributed by atoms with Gasteiger partial charge in [0.2, 0.25) is 0 Å². The SMILES string of the molecule is Cc1ccc(-n2nc(-c3cccs3)cc2C(=O)NC2CCCCC2)c(C)c1. The van der Waals surface area contributed by atoms with Crippen molar-refractivity contribution < 1.29 is 4.79 Å². The van der Waals surface area contributed by atoms with Crippen molar-refractivity contribution in [3.8, 4) is 16.3 Å². The normalized spacial score (nSPS) is 15.0. The monoisotopic (exact) mass is 379 g/mol. The molecule has 2 heterocycles. The summed E-state index contributed by atoms with van der Waals surface area (Å²) in [5.41, 5.74) is 4.73. The van der Waals surface area contributed by atoms with Gasteiger partial charge in [-0.2, -0.15) is 5.10 Å². The standard InChI is InChI=1S/C22H25N3OS/c1-15-10-11-19(16(2)13-15)25-20(14-18(24-25)21-9-6-12-27-21)22(26)23-17-7-4-3-5-8-17/h6,9-14,17H,3-5,7-8H2,1-2H3,(H,23,26). The van der Waals surface area contributed by atoms with Gasteiger partial charge in [-0.1, -0.05) is 43.0 Å². The summed E-state index contributed by atoms with van der Waals surface area (Å²) in [6.07, 6.45) is 5.81. The minimum atomic E-state index is -0.0304. The lowest BCUT2D eigenvalue weighted by molar-refractivity contribution is 0.0920. The van der Waals surface area contributed by atoms with Crippen LogP contribution in [0.1, 0.15) is 53.7 Å². The Morgan fingerprint density at radius 3 is 2.67 bits per heavy atom. The third-order valence-corrected chi connectivity index (χ3v) is 6.13. The number of nitrogens with zero attached hydrogens (tertiary/aromatic N) is 2. The summed E-state index contributed by atoms with van der Waals surface area (Å²) in [6, 6.07) is 12.5. The van der Waals surface area contributed by atoms with Crippen molar-refractivity contribution in [3.63, 3.8) is 0 Å². The number of benzene rings is 1. The van der Waals surface area contributed by atoms with E-state index in [0.717, 1.165) is 34.7 Å². The van der Waals surface area contributed by atoms with Crippen LogP contribution in [0.5, 0.6) is 0 Å². The molecule has 0 atom stereocenters. The maximum absolute atomic E-state index is 13.1. The first-order chi connectivity index (χ1) is 13.1. The van der Waals surface area contributed by atoms with Gasteiger partial charge in [0.15, 0.2) is 0 Å². The van der Waals surface area contributed by atoms with Gasteiger partial charge in [-0.3, -0.25) is 4.79 Å². The van der Waals surface area contributed by atoms with E-state index in [1.54, 1.807) is 11.3 Å². The number of aryl methyl sites for hydroxylation is 2. The van der Waals surface area contributed by atoms with Gasteiger partial charge < -0.3 is 5.32 Å². The Morgan fingerprint density at radius 1 is 1.15 bits per heavy atom. The van der Waals surface area contributed by atoms with Gasteiger partial charge in [0.25, 0.3) is 5.91 Å². The summed E-state index contributed by atoms with van der Waals surface area (Å²) in [7, 11) is 0. The molecular formula is C22H25N3OS. The first kappa shape index (κ1) is 18.0. The van der Waals surface area contributed by atoms with E-state index in [-0.39, 0.29) is 11.9 Å². The quantitative estimate of drug-likeness (QED) is 0.670. The maximum atomic E-state index is 13.1. The highest BCUT2D eigenvalue weighted by Gasteiger charge is 2.22. The van der Waals surface area contributed by atoms with Crippen molar-refractivity contribution >= 4 is 17.2 Å². The van der Waals surface area contributed by atoms with E-state index in [1.165, 1.54) is 24.8 Å². The number of carbonyl (C=O) groups is 1. The average Bonchev–Trinajstić information content (AvgIpc) is 3.32. The van der Waals surface area contributed by atoms with Gasteiger partial charge in [-0.05, 0) is 55.8 Å². The first-order valence-corrected chi connectivity index (χ1v) is 10.5. The zero-order chi connectivity index (χ0) is 18.8.